The van der Waals surface area contributed by atoms with Crippen LogP contribution in [0.1, 0.15) is 40.1 Å². The Kier molecular flexibility index (Phi) is 5.06. The highest BCUT2D eigenvalue weighted by molar-refractivity contribution is 7.13. The molecular formula is C17H20ClN3O2S. The summed E-state index contributed by atoms with van der Waals surface area (Å²) >= 11 is 7.43. The highest BCUT2D eigenvalue weighted by Crippen LogP contribution is 2.27. The molecule has 0 fully saturated rings. The Morgan fingerprint density at radius 3 is 2.96 bits per heavy atom. The van der Waals surface area contributed by atoms with Gasteiger partial charge in [0, 0.05) is 25.1 Å². The number of thiophene rings is 1. The summed E-state index contributed by atoms with van der Waals surface area (Å²) in [6, 6.07) is 0. The molecule has 0 radical (unpaired) electrons. The molecule has 1 atom stereocenters. The zero-order valence-electron chi connectivity index (χ0n) is 13.8. The van der Waals surface area contributed by atoms with Crippen molar-refractivity contribution in [2.75, 3.05) is 6.54 Å². The summed E-state index contributed by atoms with van der Waals surface area (Å²) in [5, 5.41) is 5.10. The van der Waals surface area contributed by atoms with Gasteiger partial charge >= 0.3 is 0 Å². The van der Waals surface area contributed by atoms with E-state index >= 15 is 0 Å². The first-order chi connectivity index (χ1) is 11.5. The van der Waals surface area contributed by atoms with E-state index in [1.54, 1.807) is 0 Å². The van der Waals surface area contributed by atoms with Crippen molar-refractivity contribution in [3.05, 3.63) is 38.6 Å². The number of ketones is 1. The van der Waals surface area contributed by atoms with Crippen molar-refractivity contribution in [2.45, 2.75) is 39.7 Å². The molecule has 3 rings (SSSR count). The van der Waals surface area contributed by atoms with Gasteiger partial charge in [-0.05, 0) is 30.7 Å². The Morgan fingerprint density at radius 2 is 2.29 bits per heavy atom. The molecule has 1 aliphatic heterocycles. The second-order valence-electron chi connectivity index (χ2n) is 6.09. The van der Waals surface area contributed by atoms with Crippen LogP contribution in [0.4, 0.5) is 0 Å². The minimum Gasteiger partial charge on any atom is -0.348 e. The number of nitrogens with zero attached hydrogens (tertiary/aromatic N) is 2. The summed E-state index contributed by atoms with van der Waals surface area (Å²) in [6.45, 7) is 4.72. The van der Waals surface area contributed by atoms with Gasteiger partial charge in [-0.15, -0.1) is 11.3 Å². The molecule has 0 aliphatic carbocycles. The van der Waals surface area contributed by atoms with Gasteiger partial charge in [0.15, 0.2) is 5.78 Å². The lowest BCUT2D eigenvalue weighted by molar-refractivity contribution is -0.125. The van der Waals surface area contributed by atoms with Gasteiger partial charge < -0.3 is 9.88 Å². The standard InChI is InChI=1S/C17H20ClN3O2S/c1-3-12-8-21-5-4-11(6-14(21)20-12)17(23)19-7-13(22)16-15(18)10(2)9-24-16/h8-9,11H,3-7H2,1-2H3,(H,19,23). The number of rotatable bonds is 5. The lowest BCUT2D eigenvalue weighted by Gasteiger charge is -2.22. The van der Waals surface area contributed by atoms with Gasteiger partial charge in [0.2, 0.25) is 5.91 Å². The zero-order chi connectivity index (χ0) is 17.3. The SMILES string of the molecule is CCc1cn2c(n1)CC(C(=O)NCC(=O)c1scc(C)c1Cl)CC2. The molecule has 128 valence electrons. The quantitative estimate of drug-likeness (QED) is 0.828. The number of amides is 1. The minimum absolute atomic E-state index is 0.0103. The van der Waals surface area contributed by atoms with E-state index in [-0.39, 0.29) is 24.2 Å². The van der Waals surface area contributed by atoms with Crippen molar-refractivity contribution in [2.24, 2.45) is 5.92 Å². The Balaban J connectivity index is 1.58. The molecule has 0 saturated carbocycles. The lowest BCUT2D eigenvalue weighted by atomic mass is 9.97. The predicted octanol–water partition coefficient (Wildman–Crippen LogP) is 3.03. The van der Waals surface area contributed by atoms with Crippen LogP contribution in [0.2, 0.25) is 5.02 Å². The molecule has 1 aliphatic rings. The second kappa shape index (κ2) is 7.07. The number of carbonyl (C=O) groups excluding carboxylic acids is 2. The summed E-state index contributed by atoms with van der Waals surface area (Å²) in [7, 11) is 0. The van der Waals surface area contributed by atoms with Gasteiger partial charge in [-0.3, -0.25) is 9.59 Å². The second-order valence-corrected chi connectivity index (χ2v) is 7.35. The first-order valence-electron chi connectivity index (χ1n) is 8.09. The summed E-state index contributed by atoms with van der Waals surface area (Å²) in [5.41, 5.74) is 1.95. The van der Waals surface area contributed by atoms with Gasteiger partial charge in [-0.1, -0.05) is 18.5 Å². The van der Waals surface area contributed by atoms with Gasteiger partial charge in [0.1, 0.15) is 5.82 Å². The normalized spacial score (nSPS) is 16.7. The number of imidazole rings is 1. The third kappa shape index (κ3) is 3.39. The van der Waals surface area contributed by atoms with Crippen molar-refractivity contribution < 1.29 is 9.59 Å². The highest BCUT2D eigenvalue weighted by atomic mass is 35.5. The van der Waals surface area contributed by atoms with Crippen LogP contribution < -0.4 is 5.32 Å². The molecule has 1 N–H and O–H groups in total. The maximum Gasteiger partial charge on any atom is 0.224 e. The number of carbonyl (C=O) groups is 2. The van der Waals surface area contributed by atoms with Crippen LogP contribution in [0.5, 0.6) is 0 Å². The van der Waals surface area contributed by atoms with Gasteiger partial charge in [-0.25, -0.2) is 4.98 Å². The van der Waals surface area contributed by atoms with Crippen LogP contribution in [0, 0.1) is 12.8 Å². The number of hydrogen-bond acceptors (Lipinski definition) is 4. The molecular weight excluding hydrogens is 346 g/mol. The van der Waals surface area contributed by atoms with Gasteiger partial charge in [-0.2, -0.15) is 0 Å². The largest absolute Gasteiger partial charge is 0.348 e. The molecule has 7 heteroatoms. The summed E-state index contributed by atoms with van der Waals surface area (Å²) in [5.74, 6) is 0.608. The van der Waals surface area contributed by atoms with E-state index in [2.05, 4.69) is 28.0 Å². The van der Waals surface area contributed by atoms with Crippen molar-refractivity contribution in [1.82, 2.24) is 14.9 Å². The molecule has 0 bridgehead atoms. The minimum atomic E-state index is -0.142. The molecule has 0 aromatic carbocycles. The number of nitrogens with one attached hydrogen (secondary N) is 1. The average Bonchev–Trinajstić information content (AvgIpc) is 3.15. The number of fused-ring (bicyclic) bond motifs is 1. The lowest BCUT2D eigenvalue weighted by Crippen LogP contribution is -2.38. The maximum absolute atomic E-state index is 12.4. The smallest absolute Gasteiger partial charge is 0.224 e. The molecule has 0 spiro atoms. The molecule has 0 saturated heterocycles. The highest BCUT2D eigenvalue weighted by Gasteiger charge is 2.26. The van der Waals surface area contributed by atoms with Crippen LogP contribution >= 0.6 is 22.9 Å². The van der Waals surface area contributed by atoms with Crippen LogP contribution in [-0.2, 0) is 24.2 Å². The van der Waals surface area contributed by atoms with E-state index in [0.29, 0.717) is 16.3 Å². The maximum atomic E-state index is 12.4. The van der Waals surface area contributed by atoms with Crippen LogP contribution in [0.25, 0.3) is 0 Å². The predicted molar refractivity (Wildman–Crippen MR) is 94.8 cm³/mol. The average molecular weight is 366 g/mol. The molecule has 1 unspecified atom stereocenters. The molecule has 2 aromatic heterocycles. The number of halogens is 1. The third-order valence-corrected chi connectivity index (χ3v) is 6.10. The first-order valence-corrected chi connectivity index (χ1v) is 9.34. The van der Waals surface area contributed by atoms with Crippen molar-refractivity contribution in [3.63, 3.8) is 0 Å². The molecule has 5 nitrogen and oxygen atoms in total. The van der Waals surface area contributed by atoms with E-state index in [9.17, 15) is 9.59 Å². The van der Waals surface area contributed by atoms with E-state index in [1.165, 1.54) is 11.3 Å². The number of Topliss-reactive ketones (excluding diaryl/α,β-unsaturated/α-hetero) is 1. The Bertz CT molecular complexity index is 781. The number of aromatic nitrogens is 2. The monoisotopic (exact) mass is 365 g/mol. The zero-order valence-corrected chi connectivity index (χ0v) is 15.3. The Labute approximate surface area is 150 Å². The summed E-state index contributed by atoms with van der Waals surface area (Å²) in [4.78, 5) is 29.7. The van der Waals surface area contributed by atoms with Crippen LogP contribution in [0.15, 0.2) is 11.6 Å². The van der Waals surface area contributed by atoms with E-state index in [1.807, 2.05) is 12.3 Å². The molecule has 2 aromatic rings. The summed E-state index contributed by atoms with van der Waals surface area (Å²) in [6.07, 6.45) is 4.35. The van der Waals surface area contributed by atoms with Gasteiger partial charge in [0.05, 0.1) is 22.1 Å². The van der Waals surface area contributed by atoms with Crippen LogP contribution in [0.3, 0.4) is 0 Å². The van der Waals surface area contributed by atoms with E-state index in [4.69, 9.17) is 11.6 Å². The van der Waals surface area contributed by atoms with Crippen molar-refractivity contribution >= 4 is 34.6 Å². The third-order valence-electron chi connectivity index (χ3n) is 4.37. The van der Waals surface area contributed by atoms with Crippen molar-refractivity contribution in [3.8, 4) is 0 Å². The first kappa shape index (κ1) is 17.2. The fourth-order valence-electron chi connectivity index (χ4n) is 2.89. The number of aryl methyl sites for hydroxylation is 3. The number of hydrogen-bond donors (Lipinski definition) is 1. The Morgan fingerprint density at radius 1 is 1.50 bits per heavy atom. The van der Waals surface area contributed by atoms with E-state index in [0.717, 1.165) is 36.5 Å². The molecule has 3 heterocycles. The van der Waals surface area contributed by atoms with E-state index < -0.39 is 0 Å². The fourth-order valence-corrected chi connectivity index (χ4v) is 4.13. The topological polar surface area (TPSA) is 64.0 Å². The summed E-state index contributed by atoms with van der Waals surface area (Å²) < 4.78 is 2.13. The molecule has 1 amide bonds. The van der Waals surface area contributed by atoms with Crippen molar-refractivity contribution in [1.29, 1.82) is 0 Å². The fraction of sp³-hybridized carbons (Fsp3) is 0.471. The molecule has 24 heavy (non-hydrogen) atoms. The van der Waals surface area contributed by atoms with Crippen LogP contribution in [-0.4, -0.2) is 27.8 Å². The Hall–Kier alpha value is -1.66. The van der Waals surface area contributed by atoms with Gasteiger partial charge in [0.25, 0.3) is 0 Å².